The van der Waals surface area contributed by atoms with Gasteiger partial charge in [-0.25, -0.2) is 0 Å². The first-order valence-electron chi connectivity index (χ1n) is 25.0. The number of benzene rings is 6. The van der Waals surface area contributed by atoms with Crippen LogP contribution in [-0.2, 0) is 5.41 Å². The fourth-order valence-electron chi connectivity index (χ4n) is 11.3. The van der Waals surface area contributed by atoms with Crippen LogP contribution in [0.15, 0.2) is 162 Å². The van der Waals surface area contributed by atoms with Crippen molar-refractivity contribution in [2.45, 2.75) is 102 Å². The summed E-state index contributed by atoms with van der Waals surface area (Å²) < 4.78 is 4.55. The first kappa shape index (κ1) is 48.5. The zero-order chi connectivity index (χ0) is 46.4. The number of hydrogen-bond donors (Lipinski definition) is 0. The van der Waals surface area contributed by atoms with Crippen molar-refractivity contribution in [1.29, 1.82) is 0 Å². The molecule has 67 heavy (non-hydrogen) atoms. The van der Waals surface area contributed by atoms with E-state index in [9.17, 15) is 0 Å². The highest BCUT2D eigenvalue weighted by molar-refractivity contribution is 9.10. The van der Waals surface area contributed by atoms with Crippen LogP contribution >= 0.6 is 55.4 Å². The fourth-order valence-corrected chi connectivity index (χ4v) is 14.2. The third kappa shape index (κ3) is 11.3. The minimum absolute atomic E-state index is 0.0529. The number of anilines is 4. The van der Waals surface area contributed by atoms with Crippen molar-refractivity contribution in [2.75, 3.05) is 77.3 Å². The van der Waals surface area contributed by atoms with Crippen LogP contribution in [0.3, 0.4) is 0 Å². The van der Waals surface area contributed by atoms with Gasteiger partial charge in [0, 0.05) is 59.9 Å². The second kappa shape index (κ2) is 21.6. The van der Waals surface area contributed by atoms with E-state index < -0.39 is 0 Å². The first-order valence-corrected chi connectivity index (χ1v) is 28.2. The lowest BCUT2D eigenvalue weighted by molar-refractivity contribution is -0.890. The predicted molar refractivity (Wildman–Crippen MR) is 295 cm³/mol. The molecular weight excluding hydrogens is 989 g/mol. The molecule has 0 amide bonds. The first-order chi connectivity index (χ1) is 32.5. The molecule has 6 aromatic rings. The van der Waals surface area contributed by atoms with E-state index in [1.54, 1.807) is 11.1 Å². The number of unbranched alkanes of at least 4 members (excludes halogenated alkanes) is 6. The molecule has 8 heteroatoms. The smallest absolute Gasteiger partial charge is 0.0799 e. The molecule has 0 spiro atoms. The molecule has 2 heterocycles. The van der Waals surface area contributed by atoms with Crippen molar-refractivity contribution >= 4 is 78.1 Å². The van der Waals surface area contributed by atoms with Crippen LogP contribution < -0.4 is 9.80 Å². The summed E-state index contributed by atoms with van der Waals surface area (Å²) in [5.74, 6) is 0. The second-order valence-electron chi connectivity index (χ2n) is 20.6. The summed E-state index contributed by atoms with van der Waals surface area (Å²) in [5.41, 5.74) is 11.4. The Morgan fingerprint density at radius 3 is 1.10 bits per heavy atom. The summed E-state index contributed by atoms with van der Waals surface area (Å²) in [7, 11) is 9.78. The molecule has 6 aromatic carbocycles. The minimum atomic E-state index is 0.0529. The van der Waals surface area contributed by atoms with Crippen LogP contribution in [-0.4, -0.2) is 76.4 Å². The second-order valence-corrected chi connectivity index (χ2v) is 24.6. The Morgan fingerprint density at radius 2 is 0.731 bits per heavy atom. The van der Waals surface area contributed by atoms with Crippen molar-refractivity contribution < 1.29 is 8.97 Å². The lowest BCUT2D eigenvalue weighted by Gasteiger charge is -2.35. The van der Waals surface area contributed by atoms with Gasteiger partial charge in [0.05, 0.1) is 77.1 Å². The van der Waals surface area contributed by atoms with Crippen LogP contribution in [0.25, 0.3) is 11.1 Å². The van der Waals surface area contributed by atoms with Crippen molar-refractivity contribution in [1.82, 2.24) is 0 Å². The number of nitrogens with zero attached hydrogens (tertiary/aromatic N) is 4. The van der Waals surface area contributed by atoms with Crippen molar-refractivity contribution in [3.63, 3.8) is 0 Å². The lowest BCUT2D eigenvalue weighted by Crippen LogP contribution is -2.42. The molecule has 0 fully saturated rings. The van der Waals surface area contributed by atoms with E-state index in [1.807, 2.05) is 23.5 Å². The number of hydrogen-bond acceptors (Lipinski definition) is 4. The van der Waals surface area contributed by atoms with Crippen LogP contribution in [0, 0.1) is 0 Å². The fraction of sp³-hybridized carbons (Fsp3) is 0.390. The zero-order valence-corrected chi connectivity index (χ0v) is 45.1. The van der Waals surface area contributed by atoms with E-state index in [4.69, 9.17) is 0 Å². The summed E-state index contributed by atoms with van der Waals surface area (Å²) in [6, 6.07) is 49.8. The van der Waals surface area contributed by atoms with Gasteiger partial charge in [0.25, 0.3) is 0 Å². The van der Waals surface area contributed by atoms with E-state index in [-0.39, 0.29) is 5.41 Å². The number of para-hydroxylation sites is 4. The molecule has 0 bridgehead atoms. The van der Waals surface area contributed by atoms with E-state index in [1.165, 1.54) is 166 Å². The number of rotatable bonds is 22. The highest BCUT2D eigenvalue weighted by Crippen LogP contribution is 2.56. The largest absolute Gasteiger partial charge is 0.339 e. The Morgan fingerprint density at radius 1 is 0.403 bits per heavy atom. The third-order valence-corrected chi connectivity index (χ3v) is 18.1. The molecule has 0 aromatic heterocycles. The third-order valence-electron chi connectivity index (χ3n) is 14.9. The normalized spacial score (nSPS) is 14.5. The summed E-state index contributed by atoms with van der Waals surface area (Å²) in [6.07, 6.45) is 15.0. The van der Waals surface area contributed by atoms with Gasteiger partial charge in [-0.1, -0.05) is 142 Å². The Hall–Kier alpha value is -3.50. The van der Waals surface area contributed by atoms with E-state index in [0.717, 1.165) is 22.1 Å². The van der Waals surface area contributed by atoms with Gasteiger partial charge in [0.2, 0.25) is 0 Å². The molecule has 0 saturated heterocycles. The maximum absolute atomic E-state index is 3.91. The van der Waals surface area contributed by atoms with Crippen LogP contribution in [0.5, 0.6) is 0 Å². The SMILES string of the molecule is C[N+](C)(CCCCCCC1(CCCCCC[N+](C)(C)CCCN2c3ccccc3Sc3ccccc32)c2cc(Br)ccc2-c2ccc(Br)cc21)CCCN1c2ccccc2Sc2ccccc21. The Bertz CT molecular complexity index is 2370. The molecule has 2 aliphatic heterocycles. The average molecular weight is 1060 g/mol. The Labute approximate surface area is 428 Å². The van der Waals surface area contributed by atoms with Gasteiger partial charge in [-0.15, -0.1) is 0 Å². The van der Waals surface area contributed by atoms with Crippen molar-refractivity contribution in [3.05, 3.63) is 154 Å². The molecule has 0 N–H and O–H groups in total. The molecule has 0 saturated carbocycles. The highest BCUT2D eigenvalue weighted by atomic mass is 79.9. The standard InChI is InChI=1S/C59H70Br2N4S2/c1-64(2,41-21-37-62-51-23-9-13-27-55(51)66-56-28-14-10-24-52(56)62)39-19-7-5-17-35-59(49-43-45(60)31-33-47(49)48-34-32-46(61)44-50(48)59)36-18-6-8-20-40-65(3,4)42-22-38-63-53-25-11-15-29-57(53)67-58-30-16-12-26-54(58)63/h9-16,23-34,43-44H,5-8,17-22,35-42H2,1-4H3/q+2. The van der Waals surface area contributed by atoms with Gasteiger partial charge >= 0.3 is 0 Å². The maximum Gasteiger partial charge on any atom is 0.0799 e. The maximum atomic E-state index is 3.91. The van der Waals surface area contributed by atoms with Crippen molar-refractivity contribution in [2.24, 2.45) is 0 Å². The average Bonchev–Trinajstić information content (AvgIpc) is 3.57. The Balaban J connectivity index is 0.760. The topological polar surface area (TPSA) is 6.48 Å². The monoisotopic (exact) mass is 1060 g/mol. The quantitative estimate of drug-likeness (QED) is 0.0494. The molecule has 0 atom stereocenters. The summed E-state index contributed by atoms with van der Waals surface area (Å²) >= 11 is 11.6. The minimum Gasteiger partial charge on any atom is -0.339 e. The number of quaternary nitrogens is 2. The molecule has 1 aliphatic carbocycles. The van der Waals surface area contributed by atoms with Gasteiger partial charge < -0.3 is 18.8 Å². The van der Waals surface area contributed by atoms with Gasteiger partial charge in [-0.2, -0.15) is 0 Å². The van der Waals surface area contributed by atoms with E-state index in [2.05, 4.69) is 203 Å². The van der Waals surface area contributed by atoms with Gasteiger partial charge in [-0.3, -0.25) is 0 Å². The molecule has 350 valence electrons. The number of fused-ring (bicyclic) bond motifs is 7. The Kier molecular flexibility index (Phi) is 15.7. The van der Waals surface area contributed by atoms with E-state index in [0.29, 0.717) is 0 Å². The predicted octanol–water partition coefficient (Wildman–Crippen LogP) is 16.9. The van der Waals surface area contributed by atoms with Gasteiger partial charge in [0.15, 0.2) is 0 Å². The molecular formula is C59H70Br2N4S2+2. The summed E-state index contributed by atoms with van der Waals surface area (Å²) in [4.78, 5) is 10.6. The molecule has 0 radical (unpaired) electrons. The zero-order valence-electron chi connectivity index (χ0n) is 40.3. The molecule has 0 unspecified atom stereocenters. The highest BCUT2D eigenvalue weighted by Gasteiger charge is 2.42. The molecule has 3 aliphatic rings. The summed E-state index contributed by atoms with van der Waals surface area (Å²) in [5, 5.41) is 0. The van der Waals surface area contributed by atoms with Crippen LogP contribution in [0.2, 0.25) is 0 Å². The molecule has 4 nitrogen and oxygen atoms in total. The van der Waals surface area contributed by atoms with Gasteiger partial charge in [-0.05, 0) is 134 Å². The van der Waals surface area contributed by atoms with Crippen LogP contribution in [0.4, 0.5) is 22.7 Å². The van der Waals surface area contributed by atoms with E-state index >= 15 is 0 Å². The molecule has 9 rings (SSSR count). The van der Waals surface area contributed by atoms with Crippen molar-refractivity contribution in [3.8, 4) is 11.1 Å². The summed E-state index contributed by atoms with van der Waals surface area (Å²) in [6.45, 7) is 6.94. The van der Waals surface area contributed by atoms with Crippen LogP contribution in [0.1, 0.15) is 88.2 Å². The van der Waals surface area contributed by atoms with Gasteiger partial charge in [0.1, 0.15) is 0 Å². The lowest BCUT2D eigenvalue weighted by atomic mass is 9.70. The number of halogens is 2.